The molecule has 0 rings (SSSR count). The van der Waals surface area contributed by atoms with E-state index < -0.39 is 0 Å². The Hall–Kier alpha value is 0.520. The van der Waals surface area contributed by atoms with Crippen molar-refractivity contribution in [1.82, 2.24) is 5.32 Å². The fourth-order valence-corrected chi connectivity index (χ4v) is 3.25. The normalized spacial score (nSPS) is 14.2. The van der Waals surface area contributed by atoms with E-state index in [4.69, 9.17) is 4.74 Å². The molecule has 0 spiro atoms. The second-order valence-corrected chi connectivity index (χ2v) is 6.83. The van der Waals surface area contributed by atoms with Crippen LogP contribution in [0.25, 0.3) is 0 Å². The summed E-state index contributed by atoms with van der Waals surface area (Å²) >= 11 is 0.314. The van der Waals surface area contributed by atoms with Crippen molar-refractivity contribution in [2.24, 2.45) is 0 Å². The van der Waals surface area contributed by atoms with Gasteiger partial charge < -0.3 is 10.1 Å². The van der Waals surface area contributed by atoms with E-state index in [0.29, 0.717) is 20.7 Å². The van der Waals surface area contributed by atoms with Gasteiger partial charge >= 0.3 is 0 Å². The van der Waals surface area contributed by atoms with Gasteiger partial charge in [0.05, 0.1) is 0 Å². The first kappa shape index (κ1) is 14.5. The minimum atomic E-state index is 0.314. The zero-order chi connectivity index (χ0) is 10.6. The summed E-state index contributed by atoms with van der Waals surface area (Å²) in [6, 6.07) is 0. The molecule has 0 saturated heterocycles. The Bertz CT molecular complexity index is 139. The molecule has 0 saturated carbocycles. The van der Waals surface area contributed by atoms with Crippen LogP contribution < -0.4 is 5.32 Å². The average Bonchev–Trinajstić information content (AvgIpc) is 2.21. The molecule has 0 aliphatic carbocycles. The molecule has 1 N–H and O–H groups in total. The number of nitrogens with one attached hydrogen (secondary N) is 1. The summed E-state index contributed by atoms with van der Waals surface area (Å²) in [5, 5.41) is 3.51. The SMILES string of the molecule is CC=IC(CC)CNCCCOCC. The molecule has 1 atom stereocenters. The monoisotopic (exact) mass is 313 g/mol. The summed E-state index contributed by atoms with van der Waals surface area (Å²) < 4.78 is 8.57. The van der Waals surface area contributed by atoms with E-state index in [-0.39, 0.29) is 0 Å². The van der Waals surface area contributed by atoms with Crippen LogP contribution in [0.3, 0.4) is 0 Å². The zero-order valence-corrected chi connectivity index (χ0v) is 11.8. The number of hydrogen-bond donors (Lipinski definition) is 1. The smallest absolute Gasteiger partial charge is 0.0477 e. The van der Waals surface area contributed by atoms with Crippen LogP contribution in [0.4, 0.5) is 0 Å². The van der Waals surface area contributed by atoms with Gasteiger partial charge in [0, 0.05) is 23.7 Å². The quantitative estimate of drug-likeness (QED) is 0.401. The van der Waals surface area contributed by atoms with Crippen LogP contribution in [0.2, 0.25) is 0 Å². The van der Waals surface area contributed by atoms with Crippen molar-refractivity contribution in [3.8, 4) is 0 Å². The zero-order valence-electron chi connectivity index (χ0n) is 9.68. The van der Waals surface area contributed by atoms with Gasteiger partial charge in [-0.2, -0.15) is 0 Å². The van der Waals surface area contributed by atoms with Gasteiger partial charge in [-0.1, -0.05) is 10.9 Å². The first-order chi connectivity index (χ1) is 6.85. The van der Waals surface area contributed by atoms with Gasteiger partial charge in [-0.15, -0.1) is 20.7 Å². The minimum absolute atomic E-state index is 0.314. The fraction of sp³-hybridized carbons (Fsp3) is 0.909. The molecule has 86 valence electrons. The van der Waals surface area contributed by atoms with Gasteiger partial charge in [0.2, 0.25) is 0 Å². The van der Waals surface area contributed by atoms with Crippen molar-refractivity contribution in [1.29, 1.82) is 0 Å². The molecule has 0 fully saturated rings. The van der Waals surface area contributed by atoms with Gasteiger partial charge in [-0.25, -0.2) is 0 Å². The van der Waals surface area contributed by atoms with Crippen LogP contribution >= 0.6 is 20.7 Å². The number of hydrogen-bond acceptors (Lipinski definition) is 2. The molecule has 0 amide bonds. The van der Waals surface area contributed by atoms with Crippen molar-refractivity contribution in [2.45, 2.75) is 37.5 Å². The maximum atomic E-state index is 5.28. The summed E-state index contributed by atoms with van der Waals surface area (Å²) in [4.78, 5) is 0. The van der Waals surface area contributed by atoms with Crippen LogP contribution in [-0.2, 0) is 4.74 Å². The molecule has 0 aliphatic heterocycles. The van der Waals surface area contributed by atoms with Crippen molar-refractivity contribution >= 4 is 24.7 Å². The molecule has 0 aromatic carbocycles. The Morgan fingerprint density at radius 2 is 2.21 bits per heavy atom. The second kappa shape index (κ2) is 11.6. The predicted molar refractivity (Wildman–Crippen MR) is 73.8 cm³/mol. The van der Waals surface area contributed by atoms with Crippen LogP contribution in [0.5, 0.6) is 0 Å². The summed E-state index contributed by atoms with van der Waals surface area (Å²) in [6.07, 6.45) is 2.45. The lowest BCUT2D eigenvalue weighted by atomic mass is 10.3. The highest BCUT2D eigenvalue weighted by atomic mass is 127. The molecule has 0 aromatic heterocycles. The average molecular weight is 313 g/mol. The molecule has 14 heavy (non-hydrogen) atoms. The molecule has 0 bridgehead atoms. The number of rotatable bonds is 9. The molecular weight excluding hydrogens is 289 g/mol. The van der Waals surface area contributed by atoms with E-state index in [9.17, 15) is 0 Å². The topological polar surface area (TPSA) is 21.3 Å². The molecular formula is C11H24INO. The van der Waals surface area contributed by atoms with Crippen LogP contribution in [-0.4, -0.2) is 34.2 Å². The van der Waals surface area contributed by atoms with E-state index in [1.54, 1.807) is 0 Å². The predicted octanol–water partition coefficient (Wildman–Crippen LogP) is 2.57. The van der Waals surface area contributed by atoms with E-state index in [0.717, 1.165) is 30.1 Å². The first-order valence-corrected chi connectivity index (χ1v) is 8.02. The summed E-state index contributed by atoms with van der Waals surface area (Å²) in [6.45, 7) is 10.6. The lowest BCUT2D eigenvalue weighted by molar-refractivity contribution is 0.145. The molecule has 3 heteroatoms. The van der Waals surface area contributed by atoms with E-state index in [1.165, 1.54) is 13.0 Å². The first-order valence-electron chi connectivity index (χ1n) is 5.53. The van der Waals surface area contributed by atoms with Gasteiger partial charge in [0.25, 0.3) is 0 Å². The summed E-state index contributed by atoms with van der Waals surface area (Å²) in [5.41, 5.74) is 0. The van der Waals surface area contributed by atoms with Crippen molar-refractivity contribution in [3.05, 3.63) is 0 Å². The fourth-order valence-electron chi connectivity index (χ4n) is 1.16. The Morgan fingerprint density at radius 1 is 1.43 bits per heavy atom. The Morgan fingerprint density at radius 3 is 2.79 bits per heavy atom. The van der Waals surface area contributed by atoms with Gasteiger partial charge in [-0.05, 0) is 33.2 Å². The molecule has 0 aliphatic rings. The lowest BCUT2D eigenvalue weighted by Gasteiger charge is -2.10. The summed E-state index contributed by atoms with van der Waals surface area (Å²) in [5.74, 6) is 0. The Balaban J connectivity index is 3.24. The van der Waals surface area contributed by atoms with Gasteiger partial charge in [0.1, 0.15) is 0 Å². The maximum absolute atomic E-state index is 5.28. The Kier molecular flexibility index (Phi) is 12.0. The van der Waals surface area contributed by atoms with E-state index >= 15 is 0 Å². The standard InChI is InChI=1S/C11H24INO/c1-4-11(12-5-2)10-13-8-7-9-14-6-3/h5,11,13H,4,6-10H2,1-3H3. The third kappa shape index (κ3) is 9.09. The third-order valence-corrected chi connectivity index (χ3v) is 5.02. The van der Waals surface area contributed by atoms with E-state index in [1.807, 2.05) is 6.92 Å². The lowest BCUT2D eigenvalue weighted by Crippen LogP contribution is -2.24. The maximum Gasteiger partial charge on any atom is 0.0477 e. The highest BCUT2D eigenvalue weighted by Gasteiger charge is 2.00. The Labute approximate surface area is 98.5 Å². The van der Waals surface area contributed by atoms with Crippen LogP contribution in [0.15, 0.2) is 0 Å². The highest BCUT2D eigenvalue weighted by Crippen LogP contribution is 2.10. The largest absolute Gasteiger partial charge is 0.382 e. The van der Waals surface area contributed by atoms with Crippen LogP contribution in [0, 0.1) is 0 Å². The minimum Gasteiger partial charge on any atom is -0.382 e. The van der Waals surface area contributed by atoms with Gasteiger partial charge in [-0.3, -0.25) is 0 Å². The van der Waals surface area contributed by atoms with Crippen molar-refractivity contribution < 1.29 is 4.74 Å². The van der Waals surface area contributed by atoms with E-state index in [2.05, 4.69) is 23.2 Å². The van der Waals surface area contributed by atoms with Crippen molar-refractivity contribution in [3.63, 3.8) is 0 Å². The van der Waals surface area contributed by atoms with Gasteiger partial charge in [0.15, 0.2) is 0 Å². The van der Waals surface area contributed by atoms with Crippen LogP contribution in [0.1, 0.15) is 33.6 Å². The molecule has 0 heterocycles. The number of ether oxygens (including phenoxy) is 1. The number of halogens is 1. The summed E-state index contributed by atoms with van der Waals surface area (Å²) in [7, 11) is 0. The molecule has 1 unspecified atom stereocenters. The molecule has 0 radical (unpaired) electrons. The highest BCUT2D eigenvalue weighted by molar-refractivity contribution is 14.2. The van der Waals surface area contributed by atoms with Crippen molar-refractivity contribution in [2.75, 3.05) is 26.3 Å². The third-order valence-electron chi connectivity index (χ3n) is 1.96. The molecule has 0 aromatic rings. The second-order valence-electron chi connectivity index (χ2n) is 3.10. The number of alkyl halides is 1. The molecule has 2 nitrogen and oxygen atoms in total.